The molecule has 0 atom stereocenters. The molecule has 0 aliphatic rings. The van der Waals surface area contributed by atoms with Crippen LogP contribution in [0.15, 0.2) is 53.7 Å². The third-order valence-electron chi connectivity index (χ3n) is 4.86. The van der Waals surface area contributed by atoms with E-state index in [0.29, 0.717) is 23.1 Å². The molecule has 32 heavy (non-hydrogen) atoms. The van der Waals surface area contributed by atoms with Crippen LogP contribution in [0.4, 0.5) is 11.4 Å². The second-order valence-electron chi connectivity index (χ2n) is 8.47. The second kappa shape index (κ2) is 9.99. The standard InChI is InChI=1S/C24H29N5O2S/c1-6-29-22(17-7-9-18(10-8-17)24(3,4)5)27-28-23(29)32-15-21(31)26-20-13-11-19(12-14-20)25-16(2)30/h7-14H,6,15H2,1-5H3,(H,25,30)(H,26,31). The maximum Gasteiger partial charge on any atom is 0.234 e. The smallest absolute Gasteiger partial charge is 0.234 e. The summed E-state index contributed by atoms with van der Waals surface area (Å²) >= 11 is 1.35. The third kappa shape index (κ3) is 5.97. The van der Waals surface area contributed by atoms with Crippen LogP contribution >= 0.6 is 11.8 Å². The quantitative estimate of drug-likeness (QED) is 0.496. The normalized spacial score (nSPS) is 11.3. The SMILES string of the molecule is CCn1c(SCC(=O)Nc2ccc(NC(C)=O)cc2)nnc1-c1ccc(C(C)(C)C)cc1. The van der Waals surface area contributed by atoms with Gasteiger partial charge in [0.1, 0.15) is 0 Å². The number of rotatable bonds is 7. The van der Waals surface area contributed by atoms with E-state index < -0.39 is 0 Å². The van der Waals surface area contributed by atoms with Crippen molar-refractivity contribution in [3.05, 3.63) is 54.1 Å². The molecule has 2 N–H and O–H groups in total. The van der Waals surface area contributed by atoms with Crippen molar-refractivity contribution < 1.29 is 9.59 Å². The maximum atomic E-state index is 12.4. The Balaban J connectivity index is 1.64. The molecule has 8 heteroatoms. The Morgan fingerprint density at radius 3 is 2.06 bits per heavy atom. The van der Waals surface area contributed by atoms with Gasteiger partial charge in [-0.3, -0.25) is 9.59 Å². The van der Waals surface area contributed by atoms with Gasteiger partial charge in [-0.05, 0) is 42.2 Å². The first kappa shape index (κ1) is 23.5. The van der Waals surface area contributed by atoms with E-state index in [0.717, 1.165) is 11.4 Å². The van der Waals surface area contributed by atoms with Crippen LogP contribution in [0.5, 0.6) is 0 Å². The molecule has 0 saturated heterocycles. The van der Waals surface area contributed by atoms with E-state index in [9.17, 15) is 9.59 Å². The lowest BCUT2D eigenvalue weighted by atomic mass is 9.87. The molecule has 3 rings (SSSR count). The Morgan fingerprint density at radius 2 is 1.53 bits per heavy atom. The number of hydrogen-bond donors (Lipinski definition) is 2. The molecule has 168 valence electrons. The molecule has 7 nitrogen and oxygen atoms in total. The number of nitrogens with zero attached hydrogens (tertiary/aromatic N) is 3. The zero-order valence-corrected chi connectivity index (χ0v) is 19.9. The average molecular weight is 452 g/mol. The molecule has 2 aromatic carbocycles. The Morgan fingerprint density at radius 1 is 0.938 bits per heavy atom. The van der Waals surface area contributed by atoms with Crippen molar-refractivity contribution in [1.82, 2.24) is 14.8 Å². The summed E-state index contributed by atoms with van der Waals surface area (Å²) in [5, 5.41) is 14.9. The van der Waals surface area contributed by atoms with E-state index in [1.54, 1.807) is 24.3 Å². The fourth-order valence-corrected chi connectivity index (χ4v) is 3.98. The number of aromatic nitrogens is 3. The molecule has 0 saturated carbocycles. The predicted octanol–water partition coefficient (Wildman–Crippen LogP) is 4.95. The fourth-order valence-electron chi connectivity index (χ4n) is 3.18. The number of hydrogen-bond acceptors (Lipinski definition) is 5. The number of amides is 2. The highest BCUT2D eigenvalue weighted by Crippen LogP contribution is 2.27. The van der Waals surface area contributed by atoms with Crippen LogP contribution in [0.1, 0.15) is 40.2 Å². The van der Waals surface area contributed by atoms with Crippen LogP contribution < -0.4 is 10.6 Å². The molecular formula is C24H29N5O2S. The van der Waals surface area contributed by atoms with Crippen LogP contribution in [-0.2, 0) is 21.5 Å². The van der Waals surface area contributed by atoms with Gasteiger partial charge in [-0.15, -0.1) is 10.2 Å². The van der Waals surface area contributed by atoms with Crippen LogP contribution in [0.25, 0.3) is 11.4 Å². The summed E-state index contributed by atoms with van der Waals surface area (Å²) in [5.41, 5.74) is 3.71. The van der Waals surface area contributed by atoms with Gasteiger partial charge < -0.3 is 15.2 Å². The van der Waals surface area contributed by atoms with Gasteiger partial charge in [0.25, 0.3) is 0 Å². The Labute approximate surface area is 193 Å². The van der Waals surface area contributed by atoms with Crippen molar-refractivity contribution in [3.63, 3.8) is 0 Å². The molecule has 1 aromatic heterocycles. The van der Waals surface area contributed by atoms with E-state index in [1.807, 2.05) is 11.5 Å². The summed E-state index contributed by atoms with van der Waals surface area (Å²) in [6.07, 6.45) is 0. The van der Waals surface area contributed by atoms with Crippen LogP contribution in [0.2, 0.25) is 0 Å². The first-order valence-electron chi connectivity index (χ1n) is 10.5. The molecular weight excluding hydrogens is 422 g/mol. The topological polar surface area (TPSA) is 88.9 Å². The molecule has 1 heterocycles. The second-order valence-corrected chi connectivity index (χ2v) is 9.42. The van der Waals surface area contributed by atoms with Gasteiger partial charge in [0, 0.05) is 30.4 Å². The Kier molecular flexibility index (Phi) is 7.35. The molecule has 0 radical (unpaired) electrons. The Hall–Kier alpha value is -3.13. The van der Waals surface area contributed by atoms with Crippen molar-refractivity contribution in [1.29, 1.82) is 0 Å². The van der Waals surface area contributed by atoms with Crippen LogP contribution in [-0.4, -0.2) is 32.3 Å². The van der Waals surface area contributed by atoms with Crippen molar-refractivity contribution in [3.8, 4) is 11.4 Å². The lowest BCUT2D eigenvalue weighted by Gasteiger charge is -2.19. The zero-order chi connectivity index (χ0) is 23.3. The molecule has 0 fully saturated rings. The highest BCUT2D eigenvalue weighted by atomic mass is 32.2. The number of nitrogens with one attached hydrogen (secondary N) is 2. The van der Waals surface area contributed by atoms with Gasteiger partial charge in [-0.2, -0.15) is 0 Å². The summed E-state index contributed by atoms with van der Waals surface area (Å²) in [7, 11) is 0. The van der Waals surface area contributed by atoms with Crippen molar-refractivity contribution in [2.75, 3.05) is 16.4 Å². The number of benzene rings is 2. The zero-order valence-electron chi connectivity index (χ0n) is 19.1. The van der Waals surface area contributed by atoms with Gasteiger partial charge in [0.2, 0.25) is 11.8 Å². The molecule has 0 aliphatic carbocycles. The highest BCUT2D eigenvalue weighted by molar-refractivity contribution is 7.99. The van der Waals surface area contributed by atoms with Gasteiger partial charge in [0.05, 0.1) is 5.75 Å². The van der Waals surface area contributed by atoms with E-state index in [2.05, 4.69) is 65.9 Å². The fraction of sp³-hybridized carbons (Fsp3) is 0.333. The van der Waals surface area contributed by atoms with Crippen molar-refractivity contribution in [2.45, 2.75) is 51.7 Å². The van der Waals surface area contributed by atoms with E-state index >= 15 is 0 Å². The van der Waals surface area contributed by atoms with Gasteiger partial charge >= 0.3 is 0 Å². The lowest BCUT2D eigenvalue weighted by Crippen LogP contribution is -2.14. The summed E-state index contributed by atoms with van der Waals surface area (Å²) in [4.78, 5) is 23.5. The first-order chi connectivity index (χ1) is 15.2. The monoisotopic (exact) mass is 451 g/mol. The molecule has 3 aromatic rings. The molecule has 2 amide bonds. The molecule has 0 aliphatic heterocycles. The van der Waals surface area contributed by atoms with Gasteiger partial charge in [-0.1, -0.05) is 56.8 Å². The van der Waals surface area contributed by atoms with Crippen LogP contribution in [0, 0.1) is 0 Å². The largest absolute Gasteiger partial charge is 0.326 e. The average Bonchev–Trinajstić information content (AvgIpc) is 3.15. The van der Waals surface area contributed by atoms with E-state index in [-0.39, 0.29) is 23.0 Å². The van der Waals surface area contributed by atoms with Crippen molar-refractivity contribution in [2.24, 2.45) is 0 Å². The predicted molar refractivity (Wildman–Crippen MR) is 130 cm³/mol. The number of carbonyl (C=O) groups is 2. The summed E-state index contributed by atoms with van der Waals surface area (Å²) in [6.45, 7) is 10.8. The number of carbonyl (C=O) groups excluding carboxylic acids is 2. The summed E-state index contributed by atoms with van der Waals surface area (Å²) in [5.74, 6) is 0.741. The lowest BCUT2D eigenvalue weighted by molar-refractivity contribution is -0.114. The highest BCUT2D eigenvalue weighted by Gasteiger charge is 2.17. The van der Waals surface area contributed by atoms with Gasteiger partial charge in [-0.25, -0.2) is 0 Å². The Bertz CT molecular complexity index is 1080. The first-order valence-corrected chi connectivity index (χ1v) is 11.5. The summed E-state index contributed by atoms with van der Waals surface area (Å²) < 4.78 is 2.02. The third-order valence-corrected chi connectivity index (χ3v) is 5.83. The van der Waals surface area contributed by atoms with E-state index in [1.165, 1.54) is 24.2 Å². The molecule has 0 spiro atoms. The van der Waals surface area contributed by atoms with E-state index in [4.69, 9.17) is 0 Å². The molecule has 0 unspecified atom stereocenters. The summed E-state index contributed by atoms with van der Waals surface area (Å²) in [6, 6.07) is 15.4. The minimum absolute atomic E-state index is 0.0928. The maximum absolute atomic E-state index is 12.4. The number of anilines is 2. The number of thioether (sulfide) groups is 1. The van der Waals surface area contributed by atoms with Crippen LogP contribution in [0.3, 0.4) is 0 Å². The van der Waals surface area contributed by atoms with Gasteiger partial charge in [0.15, 0.2) is 11.0 Å². The molecule has 0 bridgehead atoms. The minimum Gasteiger partial charge on any atom is -0.326 e. The minimum atomic E-state index is -0.136. The van der Waals surface area contributed by atoms with Crippen molar-refractivity contribution >= 4 is 35.0 Å².